The number of hydrogen-bond acceptors (Lipinski definition) is 4. The summed E-state index contributed by atoms with van der Waals surface area (Å²) in [6.45, 7) is 1.53. The topological polar surface area (TPSA) is 72.0 Å². The van der Waals surface area contributed by atoms with Crippen LogP contribution < -0.4 is 0 Å². The lowest BCUT2D eigenvalue weighted by Crippen LogP contribution is -2.09. The number of sulfone groups is 1. The Hall–Kier alpha value is -2.00. The molecule has 0 saturated carbocycles. The van der Waals surface area contributed by atoms with Crippen LogP contribution in [0.25, 0.3) is 0 Å². The van der Waals surface area contributed by atoms with Crippen LogP contribution in [0.1, 0.15) is 28.7 Å². The summed E-state index contributed by atoms with van der Waals surface area (Å²) in [5, 5.41) is -0.262. The number of imidazole rings is 1. The van der Waals surface area contributed by atoms with Crippen LogP contribution in [-0.2, 0) is 21.2 Å². The van der Waals surface area contributed by atoms with Crippen LogP contribution in [0.15, 0.2) is 41.4 Å². The van der Waals surface area contributed by atoms with Crippen LogP contribution >= 0.6 is 23.2 Å². The molecule has 1 heterocycles. The molecule has 10 heteroatoms. The molecule has 0 aliphatic heterocycles. The molecule has 3 rings (SSSR count). The number of nitrogens with zero attached hydrogens (tertiary/aromatic N) is 1. The summed E-state index contributed by atoms with van der Waals surface area (Å²) < 4.78 is 57.0. The molecule has 5 nitrogen and oxygen atoms in total. The van der Waals surface area contributed by atoms with Crippen LogP contribution in [0.4, 0.5) is 8.78 Å². The van der Waals surface area contributed by atoms with Crippen molar-refractivity contribution in [2.45, 2.75) is 24.7 Å². The largest absolute Gasteiger partial charge is 0.361 e. The lowest BCUT2D eigenvalue weighted by Gasteiger charge is -2.17. The van der Waals surface area contributed by atoms with Gasteiger partial charge in [0.25, 0.3) is 0 Å². The van der Waals surface area contributed by atoms with Crippen molar-refractivity contribution in [3.05, 3.63) is 80.7 Å². The molecule has 29 heavy (non-hydrogen) atoms. The van der Waals surface area contributed by atoms with E-state index in [9.17, 15) is 17.2 Å². The van der Waals surface area contributed by atoms with E-state index in [1.807, 2.05) is 0 Å². The number of aromatic amines is 1. The van der Waals surface area contributed by atoms with Crippen LogP contribution in [-0.4, -0.2) is 24.6 Å². The molecule has 0 amide bonds. The minimum Gasteiger partial charge on any atom is -0.361 e. The number of ether oxygens (including phenoxy) is 1. The molecule has 1 aromatic heterocycles. The van der Waals surface area contributed by atoms with E-state index in [-0.39, 0.29) is 27.5 Å². The quantitative estimate of drug-likeness (QED) is 0.560. The number of rotatable bonds is 6. The van der Waals surface area contributed by atoms with Crippen molar-refractivity contribution in [1.29, 1.82) is 0 Å². The number of aryl methyl sites for hydroxylation is 1. The molecule has 154 valence electrons. The highest BCUT2D eigenvalue weighted by Crippen LogP contribution is 2.30. The standard InChI is InChI=1S/C19H16Cl2F2N2O3S/c1-10-19(29(2,26)27)25-18(24-10)17(12-4-6-15(22)14(21)8-12)28-9-11-3-5-13(20)16(23)7-11/h3-8,17H,9H2,1-2H3,(H,24,25)/t17-/m0/s1. The molecule has 0 fully saturated rings. The van der Waals surface area contributed by atoms with E-state index in [1.165, 1.54) is 30.3 Å². The number of H-pyrrole nitrogens is 1. The van der Waals surface area contributed by atoms with Gasteiger partial charge in [-0.3, -0.25) is 0 Å². The van der Waals surface area contributed by atoms with Crippen LogP contribution in [0, 0.1) is 18.6 Å². The molecule has 0 spiro atoms. The fourth-order valence-electron chi connectivity index (χ4n) is 2.77. The maximum absolute atomic E-state index is 13.7. The van der Waals surface area contributed by atoms with Gasteiger partial charge in [0.2, 0.25) is 0 Å². The molecule has 0 unspecified atom stereocenters. The minimum atomic E-state index is -3.57. The Morgan fingerprint density at radius 3 is 2.41 bits per heavy atom. The molecule has 0 aliphatic carbocycles. The van der Waals surface area contributed by atoms with E-state index in [2.05, 4.69) is 9.97 Å². The molecule has 0 bridgehead atoms. The van der Waals surface area contributed by atoms with Gasteiger partial charge in [-0.05, 0) is 42.3 Å². The molecule has 3 aromatic rings. The Morgan fingerprint density at radius 1 is 1.10 bits per heavy atom. The second-order valence-electron chi connectivity index (χ2n) is 6.44. The Kier molecular flexibility index (Phi) is 6.28. The molecule has 2 aromatic carbocycles. The third-order valence-corrected chi connectivity index (χ3v) is 5.80. The summed E-state index contributed by atoms with van der Waals surface area (Å²) in [4.78, 5) is 7.05. The van der Waals surface area contributed by atoms with Gasteiger partial charge in [0.1, 0.15) is 23.6 Å². The Labute approximate surface area is 176 Å². The van der Waals surface area contributed by atoms with E-state index in [4.69, 9.17) is 27.9 Å². The third kappa shape index (κ3) is 4.95. The predicted octanol–water partition coefficient (Wildman–Crippen LogP) is 5.01. The summed E-state index contributed by atoms with van der Waals surface area (Å²) in [6, 6.07) is 8.21. The first-order valence-electron chi connectivity index (χ1n) is 8.33. The summed E-state index contributed by atoms with van der Waals surface area (Å²) in [5.74, 6) is -1.01. The molecular formula is C19H16Cl2F2N2O3S. The zero-order chi connectivity index (χ0) is 21.3. The van der Waals surface area contributed by atoms with E-state index in [1.54, 1.807) is 13.0 Å². The van der Waals surface area contributed by atoms with Crippen LogP contribution in [0.5, 0.6) is 0 Å². The monoisotopic (exact) mass is 460 g/mol. The molecule has 1 N–H and O–H groups in total. The number of halogens is 4. The zero-order valence-electron chi connectivity index (χ0n) is 15.3. The maximum atomic E-state index is 13.7. The highest BCUT2D eigenvalue weighted by atomic mass is 35.5. The van der Waals surface area contributed by atoms with Gasteiger partial charge < -0.3 is 9.72 Å². The van der Waals surface area contributed by atoms with Gasteiger partial charge in [0, 0.05) is 6.26 Å². The Morgan fingerprint density at radius 2 is 1.83 bits per heavy atom. The number of nitrogens with one attached hydrogen (secondary N) is 1. The summed E-state index contributed by atoms with van der Waals surface area (Å²) >= 11 is 11.6. The van der Waals surface area contributed by atoms with Crippen molar-refractivity contribution in [1.82, 2.24) is 9.97 Å². The van der Waals surface area contributed by atoms with Crippen LogP contribution in [0.2, 0.25) is 10.0 Å². The third-order valence-electron chi connectivity index (χ3n) is 4.11. The lowest BCUT2D eigenvalue weighted by molar-refractivity contribution is 0.0612. The number of hydrogen-bond donors (Lipinski definition) is 1. The second kappa shape index (κ2) is 8.39. The van der Waals surface area contributed by atoms with E-state index >= 15 is 0 Å². The first-order valence-corrected chi connectivity index (χ1v) is 11.0. The van der Waals surface area contributed by atoms with Gasteiger partial charge >= 0.3 is 0 Å². The summed E-state index contributed by atoms with van der Waals surface area (Å²) in [6.07, 6.45) is 0.141. The van der Waals surface area contributed by atoms with Crippen molar-refractivity contribution in [2.75, 3.05) is 6.26 Å². The second-order valence-corrected chi connectivity index (χ2v) is 9.18. The first kappa shape index (κ1) is 21.7. The van der Waals surface area contributed by atoms with Gasteiger partial charge in [0.15, 0.2) is 14.9 Å². The average molecular weight is 461 g/mol. The van der Waals surface area contributed by atoms with Gasteiger partial charge in [-0.2, -0.15) is 0 Å². The zero-order valence-corrected chi connectivity index (χ0v) is 17.7. The predicted molar refractivity (Wildman–Crippen MR) is 106 cm³/mol. The summed E-state index contributed by atoms with van der Waals surface area (Å²) in [5.41, 5.74) is 1.28. The van der Waals surface area contributed by atoms with Crippen LogP contribution in [0.3, 0.4) is 0 Å². The fraction of sp³-hybridized carbons (Fsp3) is 0.211. The van der Waals surface area contributed by atoms with Crippen molar-refractivity contribution in [2.24, 2.45) is 0 Å². The first-order chi connectivity index (χ1) is 13.6. The average Bonchev–Trinajstić information content (AvgIpc) is 3.03. The Balaban J connectivity index is 1.99. The maximum Gasteiger partial charge on any atom is 0.194 e. The molecule has 1 atom stereocenters. The molecule has 0 saturated heterocycles. The SMILES string of the molecule is Cc1[nH]c([C@@H](OCc2ccc(Cl)c(F)c2)c2ccc(F)c(Cl)c2)nc1S(C)(=O)=O. The van der Waals surface area contributed by atoms with E-state index in [0.717, 1.165) is 6.26 Å². The fourth-order valence-corrected chi connectivity index (χ4v) is 3.95. The van der Waals surface area contributed by atoms with Gasteiger partial charge in [-0.15, -0.1) is 0 Å². The van der Waals surface area contributed by atoms with Crippen molar-refractivity contribution < 1.29 is 21.9 Å². The smallest absolute Gasteiger partial charge is 0.194 e. The number of benzene rings is 2. The highest BCUT2D eigenvalue weighted by Gasteiger charge is 2.24. The van der Waals surface area contributed by atoms with E-state index in [0.29, 0.717) is 16.8 Å². The summed E-state index contributed by atoms with van der Waals surface area (Å²) in [7, 11) is -3.57. The Bertz CT molecular complexity index is 1170. The molecule has 0 radical (unpaired) electrons. The van der Waals surface area contributed by atoms with E-state index < -0.39 is 27.6 Å². The van der Waals surface area contributed by atoms with Gasteiger partial charge in [0.05, 0.1) is 22.3 Å². The molecule has 0 aliphatic rings. The van der Waals surface area contributed by atoms with Crippen molar-refractivity contribution in [3.63, 3.8) is 0 Å². The van der Waals surface area contributed by atoms with Crippen molar-refractivity contribution in [3.8, 4) is 0 Å². The lowest BCUT2D eigenvalue weighted by atomic mass is 10.1. The highest BCUT2D eigenvalue weighted by molar-refractivity contribution is 7.90. The van der Waals surface area contributed by atoms with Gasteiger partial charge in [-0.1, -0.05) is 35.3 Å². The molecular weight excluding hydrogens is 445 g/mol. The van der Waals surface area contributed by atoms with Gasteiger partial charge in [-0.25, -0.2) is 22.2 Å². The van der Waals surface area contributed by atoms with Crippen molar-refractivity contribution >= 4 is 33.0 Å². The minimum absolute atomic E-state index is 0.0185. The normalized spacial score (nSPS) is 12.9. The number of aromatic nitrogens is 2.